The van der Waals surface area contributed by atoms with E-state index in [1.165, 1.54) is 0 Å². The first-order valence-electron chi connectivity index (χ1n) is 6.01. The van der Waals surface area contributed by atoms with Crippen LogP contribution < -0.4 is 10.6 Å². The number of hydrogen-bond acceptors (Lipinski definition) is 3. The van der Waals surface area contributed by atoms with Gasteiger partial charge in [-0.05, 0) is 27.2 Å². The summed E-state index contributed by atoms with van der Waals surface area (Å²) in [6.45, 7) is 3.97. The highest BCUT2D eigenvalue weighted by atomic mass is 31.1. The normalized spacial score (nSPS) is 11.1. The molecule has 0 saturated heterocycles. The number of hydrogen-bond donors (Lipinski definition) is 2. The number of Topliss-reactive ketones (excluding diaryl/α,β-unsaturated/α-hetero) is 1. The molecule has 0 aliphatic rings. The van der Waals surface area contributed by atoms with Crippen LogP contribution in [0.15, 0.2) is 0 Å². The molecule has 0 saturated carbocycles. The van der Waals surface area contributed by atoms with Crippen molar-refractivity contribution in [2.24, 2.45) is 5.41 Å². The van der Waals surface area contributed by atoms with Crippen LogP contribution in [0.5, 0.6) is 0 Å². The van der Waals surface area contributed by atoms with Crippen molar-refractivity contribution >= 4 is 41.1 Å². The van der Waals surface area contributed by atoms with Crippen LogP contribution >= 0.6 is 17.4 Å². The molecule has 0 aliphatic heterocycles. The monoisotopic (exact) mass is 304 g/mol. The van der Waals surface area contributed by atoms with Crippen molar-refractivity contribution in [3.63, 3.8) is 0 Å². The second-order valence-corrected chi connectivity index (χ2v) is 6.49. The molecule has 0 heterocycles. The summed E-state index contributed by atoms with van der Waals surface area (Å²) >= 11 is 0. The standard InChI is InChI=1S/C12H22N2O3P2/c1-12(2,4-5-19-3)6-9(15)7-13-10(16)8-14-11(17)18/h3-8,18H2,1-2H3,(H,13,16)(H,14,17). The minimum Gasteiger partial charge on any atom is -0.347 e. The summed E-state index contributed by atoms with van der Waals surface area (Å²) in [6.07, 6.45) is 6.08. The van der Waals surface area contributed by atoms with Crippen molar-refractivity contribution in [1.82, 2.24) is 10.6 Å². The van der Waals surface area contributed by atoms with Gasteiger partial charge in [-0.2, -0.15) is 0 Å². The molecule has 0 radical (unpaired) electrons. The van der Waals surface area contributed by atoms with E-state index in [9.17, 15) is 14.4 Å². The average molecular weight is 304 g/mol. The maximum Gasteiger partial charge on any atom is 0.239 e. The average Bonchev–Trinajstić information content (AvgIpc) is 2.30. The summed E-state index contributed by atoms with van der Waals surface area (Å²) in [6, 6.07) is 0. The van der Waals surface area contributed by atoms with Crippen LogP contribution in [-0.2, 0) is 9.59 Å². The van der Waals surface area contributed by atoms with Gasteiger partial charge in [-0.25, -0.2) is 0 Å². The van der Waals surface area contributed by atoms with Crippen LogP contribution in [0.25, 0.3) is 0 Å². The SMILES string of the molecule is C=PCCC(C)(C)CC(=O)CNC(=O)CNC(=O)P. The molecule has 5 nitrogen and oxygen atoms in total. The Kier molecular flexibility index (Phi) is 8.79. The van der Waals surface area contributed by atoms with Gasteiger partial charge >= 0.3 is 0 Å². The first-order chi connectivity index (χ1) is 8.76. The molecule has 0 aromatic carbocycles. The van der Waals surface area contributed by atoms with E-state index in [0.717, 1.165) is 20.8 Å². The predicted octanol–water partition coefficient (Wildman–Crippen LogP) is 1.44. The number of carbonyl (C=O) groups is 3. The van der Waals surface area contributed by atoms with Crippen LogP contribution in [0, 0.1) is 5.41 Å². The maximum atomic E-state index is 11.7. The highest BCUT2D eigenvalue weighted by molar-refractivity contribution is 7.39. The Morgan fingerprint density at radius 3 is 2.37 bits per heavy atom. The summed E-state index contributed by atoms with van der Waals surface area (Å²) in [5, 5.41) is 4.83. The lowest BCUT2D eigenvalue weighted by molar-refractivity contribution is -0.125. The molecule has 108 valence electrons. The molecule has 0 aromatic rings. The van der Waals surface area contributed by atoms with Gasteiger partial charge in [0.2, 0.25) is 11.6 Å². The second kappa shape index (κ2) is 9.17. The molecule has 19 heavy (non-hydrogen) atoms. The van der Waals surface area contributed by atoms with Gasteiger partial charge in [0.15, 0.2) is 5.78 Å². The summed E-state index contributed by atoms with van der Waals surface area (Å²) in [7, 11) is 3.00. The van der Waals surface area contributed by atoms with Gasteiger partial charge in [-0.3, -0.25) is 14.4 Å². The van der Waals surface area contributed by atoms with Gasteiger partial charge in [0.25, 0.3) is 0 Å². The Hall–Kier alpha value is -0.790. The van der Waals surface area contributed by atoms with E-state index in [0.29, 0.717) is 6.42 Å². The van der Waals surface area contributed by atoms with Gasteiger partial charge in [-0.15, -0.1) is 8.20 Å². The van der Waals surface area contributed by atoms with Crippen molar-refractivity contribution in [2.75, 3.05) is 19.3 Å². The van der Waals surface area contributed by atoms with Gasteiger partial charge < -0.3 is 10.6 Å². The Labute approximate surface area is 118 Å². The lowest BCUT2D eigenvalue weighted by Gasteiger charge is -2.22. The molecule has 0 aliphatic carbocycles. The molecule has 1 unspecified atom stereocenters. The summed E-state index contributed by atoms with van der Waals surface area (Å²) in [5.41, 5.74) is -0.421. The fraction of sp³-hybridized carbons (Fsp3) is 0.667. The van der Waals surface area contributed by atoms with Crippen molar-refractivity contribution in [3.8, 4) is 0 Å². The number of carbonyl (C=O) groups excluding carboxylic acids is 3. The van der Waals surface area contributed by atoms with E-state index < -0.39 is 0 Å². The minimum absolute atomic E-state index is 0.00345. The molecule has 0 rings (SSSR count). The summed E-state index contributed by atoms with van der Waals surface area (Å²) in [5.74, 6) is -0.366. The van der Waals surface area contributed by atoms with E-state index in [-0.39, 0.29) is 35.8 Å². The smallest absolute Gasteiger partial charge is 0.239 e. The molecule has 0 aromatic heterocycles. The Balaban J connectivity index is 3.94. The third-order valence-electron chi connectivity index (χ3n) is 2.53. The fourth-order valence-corrected chi connectivity index (χ4v) is 2.36. The first kappa shape index (κ1) is 18.2. The Bertz CT molecular complexity index is 357. The van der Waals surface area contributed by atoms with E-state index >= 15 is 0 Å². The van der Waals surface area contributed by atoms with Crippen LogP contribution in [0.2, 0.25) is 0 Å². The van der Waals surface area contributed by atoms with Crippen LogP contribution in [-0.4, -0.2) is 42.9 Å². The van der Waals surface area contributed by atoms with Gasteiger partial charge in [0.1, 0.15) is 0 Å². The van der Waals surface area contributed by atoms with E-state index in [4.69, 9.17) is 0 Å². The van der Waals surface area contributed by atoms with Crippen LogP contribution in [0.3, 0.4) is 0 Å². The van der Waals surface area contributed by atoms with E-state index in [1.54, 1.807) is 0 Å². The maximum absolute atomic E-state index is 11.7. The first-order valence-corrected chi connectivity index (χ1v) is 7.85. The minimum atomic E-state index is -0.363. The van der Waals surface area contributed by atoms with Crippen molar-refractivity contribution in [2.45, 2.75) is 26.7 Å². The molecule has 1 atom stereocenters. The number of nitrogens with one attached hydrogen (secondary N) is 2. The van der Waals surface area contributed by atoms with E-state index in [2.05, 4.69) is 16.9 Å². The third-order valence-corrected chi connectivity index (χ3v) is 3.27. The molecule has 2 N–H and O–H groups in total. The predicted molar refractivity (Wildman–Crippen MR) is 83.0 cm³/mol. The fourth-order valence-electron chi connectivity index (χ4n) is 1.49. The largest absolute Gasteiger partial charge is 0.347 e. The molecule has 7 heteroatoms. The number of ketones is 1. The molecule has 0 fully saturated rings. The molecular weight excluding hydrogens is 282 g/mol. The zero-order valence-electron chi connectivity index (χ0n) is 11.5. The Morgan fingerprint density at radius 1 is 1.21 bits per heavy atom. The van der Waals surface area contributed by atoms with Gasteiger partial charge in [-0.1, -0.05) is 20.1 Å². The van der Waals surface area contributed by atoms with Gasteiger partial charge in [0, 0.05) is 6.42 Å². The molecule has 2 amide bonds. The molecule has 0 bridgehead atoms. The van der Waals surface area contributed by atoms with E-state index in [1.807, 2.05) is 23.1 Å². The van der Waals surface area contributed by atoms with Crippen molar-refractivity contribution < 1.29 is 14.4 Å². The second-order valence-electron chi connectivity index (χ2n) is 5.07. The topological polar surface area (TPSA) is 75.3 Å². The highest BCUT2D eigenvalue weighted by Gasteiger charge is 2.21. The number of amides is 2. The van der Waals surface area contributed by atoms with Crippen molar-refractivity contribution in [1.29, 1.82) is 0 Å². The Morgan fingerprint density at radius 2 is 1.84 bits per heavy atom. The number of rotatable bonds is 9. The van der Waals surface area contributed by atoms with Crippen molar-refractivity contribution in [3.05, 3.63) is 0 Å². The summed E-state index contributed by atoms with van der Waals surface area (Å²) in [4.78, 5) is 33.6. The summed E-state index contributed by atoms with van der Waals surface area (Å²) < 4.78 is 0. The molecular formula is C12H22N2O3P2. The quantitative estimate of drug-likeness (QED) is 0.633. The molecule has 0 spiro atoms. The lowest BCUT2D eigenvalue weighted by atomic mass is 9.84. The lowest BCUT2D eigenvalue weighted by Crippen LogP contribution is -2.38. The van der Waals surface area contributed by atoms with Crippen LogP contribution in [0.4, 0.5) is 4.79 Å². The van der Waals surface area contributed by atoms with Crippen LogP contribution in [0.1, 0.15) is 26.7 Å². The zero-order chi connectivity index (χ0) is 14.9. The van der Waals surface area contributed by atoms with Gasteiger partial charge in [0.05, 0.1) is 13.1 Å². The highest BCUT2D eigenvalue weighted by Crippen LogP contribution is 2.26. The zero-order valence-corrected chi connectivity index (χ0v) is 13.5. The third kappa shape index (κ3) is 10.8.